The molecule has 1 aromatic rings. The van der Waals surface area contributed by atoms with Crippen LogP contribution in [0.3, 0.4) is 0 Å². The monoisotopic (exact) mass is 456 g/mol. The number of terminal acetylenes is 1. The van der Waals surface area contributed by atoms with Gasteiger partial charge in [-0.1, -0.05) is 36.3 Å². The molecule has 3 rings (SSSR count). The van der Waals surface area contributed by atoms with Gasteiger partial charge in [0.05, 0.1) is 13.2 Å². The number of benzene rings is 1. The first-order valence-corrected chi connectivity index (χ1v) is 10.1. The molecular weight excluding hydrogens is 428 g/mol. The second-order valence-electron chi connectivity index (χ2n) is 7.64. The van der Waals surface area contributed by atoms with E-state index in [1.165, 1.54) is 0 Å². The van der Waals surface area contributed by atoms with Crippen molar-refractivity contribution in [1.29, 1.82) is 0 Å². The summed E-state index contributed by atoms with van der Waals surface area (Å²) in [6, 6.07) is 8.71. The zero-order chi connectivity index (χ0) is 23.4. The van der Waals surface area contributed by atoms with Gasteiger partial charge in [0.1, 0.15) is 54.9 Å². The average Bonchev–Trinajstić information content (AvgIpc) is 2.81. The molecule has 2 heterocycles. The average molecular weight is 456 g/mol. The van der Waals surface area contributed by atoms with Gasteiger partial charge in [-0.25, -0.2) is 0 Å². The lowest BCUT2D eigenvalue weighted by atomic mass is 9.98. The van der Waals surface area contributed by atoms with Crippen LogP contribution in [0.2, 0.25) is 0 Å². The predicted octanol–water partition coefficient (Wildman–Crippen LogP) is -3.00. The summed E-state index contributed by atoms with van der Waals surface area (Å²) in [7, 11) is 0. The van der Waals surface area contributed by atoms with Gasteiger partial charge >= 0.3 is 0 Å². The third kappa shape index (κ3) is 5.28. The Kier molecular flexibility index (Phi) is 8.56. The molecule has 1 aromatic carbocycles. The molecule has 2 fully saturated rings. The van der Waals surface area contributed by atoms with Crippen molar-refractivity contribution < 1.29 is 54.7 Å². The van der Waals surface area contributed by atoms with Crippen LogP contribution < -0.4 is 0 Å². The predicted molar refractivity (Wildman–Crippen MR) is 106 cm³/mol. The van der Waals surface area contributed by atoms with Crippen LogP contribution in [-0.4, -0.2) is 110 Å². The van der Waals surface area contributed by atoms with E-state index in [1.807, 2.05) is 0 Å². The maximum atomic E-state index is 10.3. The van der Waals surface area contributed by atoms with Crippen molar-refractivity contribution >= 4 is 0 Å². The molecule has 0 radical (unpaired) electrons. The summed E-state index contributed by atoms with van der Waals surface area (Å²) >= 11 is 0. The van der Waals surface area contributed by atoms with Gasteiger partial charge in [-0.15, -0.1) is 6.42 Å². The Morgan fingerprint density at radius 3 is 1.97 bits per heavy atom. The Bertz CT molecular complexity index is 754. The van der Waals surface area contributed by atoms with E-state index in [0.29, 0.717) is 5.56 Å². The van der Waals surface area contributed by atoms with Gasteiger partial charge in [0.25, 0.3) is 0 Å². The van der Waals surface area contributed by atoms with E-state index in [9.17, 15) is 35.7 Å². The van der Waals surface area contributed by atoms with Crippen molar-refractivity contribution in [3.05, 3.63) is 35.9 Å². The van der Waals surface area contributed by atoms with Gasteiger partial charge in [-0.3, -0.25) is 0 Å². The Labute approximate surface area is 184 Å². The molecule has 1 unspecified atom stereocenters. The fourth-order valence-corrected chi connectivity index (χ4v) is 3.54. The molecular formula is C21H28O11. The highest BCUT2D eigenvalue weighted by Gasteiger charge is 2.47. The van der Waals surface area contributed by atoms with E-state index >= 15 is 0 Å². The molecule has 2 aliphatic rings. The first kappa shape index (κ1) is 25.0. The number of hydrogen-bond donors (Lipinski definition) is 7. The smallest absolute Gasteiger partial charge is 0.188 e. The maximum Gasteiger partial charge on any atom is 0.188 e. The Balaban J connectivity index is 1.65. The van der Waals surface area contributed by atoms with Gasteiger partial charge in [-0.2, -0.15) is 0 Å². The van der Waals surface area contributed by atoms with Crippen LogP contribution in [0.25, 0.3) is 0 Å². The molecule has 0 saturated carbocycles. The van der Waals surface area contributed by atoms with E-state index in [2.05, 4.69) is 5.92 Å². The Morgan fingerprint density at radius 1 is 0.812 bits per heavy atom. The summed E-state index contributed by atoms with van der Waals surface area (Å²) in [6.07, 6.45) is -10.4. The van der Waals surface area contributed by atoms with E-state index in [4.69, 9.17) is 25.4 Å². The normalized spacial score (nSPS) is 41.1. The number of hydrogen-bond acceptors (Lipinski definition) is 11. The lowest BCUT2D eigenvalue weighted by Crippen LogP contribution is -2.61. The third-order valence-corrected chi connectivity index (χ3v) is 5.47. The standard InChI is InChI=1S/C21H28O11/c1-2-11(10-6-4-3-5-7-10)30-21-19(28)17(26)15(24)13(32-21)9-29-20-18(27)16(25)14(23)12(8-22)31-20/h1,3-7,11-28H,8-9H2/t11?,12-,13-,14-,15-,16+,17+,18-,19-,20-,21-/m1/s1. The Morgan fingerprint density at radius 2 is 1.38 bits per heavy atom. The van der Waals surface area contributed by atoms with Crippen molar-refractivity contribution in [2.24, 2.45) is 0 Å². The van der Waals surface area contributed by atoms with Gasteiger partial charge < -0.3 is 54.7 Å². The topological polar surface area (TPSA) is 179 Å². The molecule has 178 valence electrons. The summed E-state index contributed by atoms with van der Waals surface area (Å²) in [5.41, 5.74) is 0.612. The molecule has 32 heavy (non-hydrogen) atoms. The second-order valence-corrected chi connectivity index (χ2v) is 7.64. The second kappa shape index (κ2) is 11.0. The SMILES string of the molecule is C#CC(O[C@@H]1O[C@H](CO[C@@H]2O[C@H](CO)[C@@H](O)[C@H](O)[C@H]2O)[C@@H](O)[C@H](O)[C@H]1O)c1ccccc1. The fraction of sp³-hybridized carbons (Fsp3) is 0.619. The molecule has 0 aliphatic carbocycles. The molecule has 11 heteroatoms. The molecule has 2 saturated heterocycles. The van der Waals surface area contributed by atoms with Gasteiger partial charge in [0.2, 0.25) is 0 Å². The third-order valence-electron chi connectivity index (χ3n) is 5.47. The summed E-state index contributed by atoms with van der Waals surface area (Å²) in [6.45, 7) is -1.10. The van der Waals surface area contributed by atoms with E-state index in [1.54, 1.807) is 30.3 Å². The zero-order valence-corrected chi connectivity index (χ0v) is 17.0. The van der Waals surface area contributed by atoms with Crippen molar-refractivity contribution in [3.63, 3.8) is 0 Å². The van der Waals surface area contributed by atoms with Crippen molar-refractivity contribution in [3.8, 4) is 12.3 Å². The molecule has 0 aromatic heterocycles. The van der Waals surface area contributed by atoms with Crippen LogP contribution in [0.5, 0.6) is 0 Å². The number of aliphatic hydroxyl groups excluding tert-OH is 7. The highest BCUT2D eigenvalue weighted by Crippen LogP contribution is 2.28. The van der Waals surface area contributed by atoms with Crippen LogP contribution in [0.15, 0.2) is 30.3 Å². The highest BCUT2D eigenvalue weighted by atomic mass is 16.7. The molecule has 11 atom stereocenters. The fourth-order valence-electron chi connectivity index (χ4n) is 3.54. The van der Waals surface area contributed by atoms with Crippen LogP contribution in [0, 0.1) is 12.3 Å². The molecule has 2 aliphatic heterocycles. The Hall–Kier alpha value is -1.66. The van der Waals surface area contributed by atoms with Crippen molar-refractivity contribution in [1.82, 2.24) is 0 Å². The minimum Gasteiger partial charge on any atom is -0.394 e. The molecule has 0 bridgehead atoms. The molecule has 11 nitrogen and oxygen atoms in total. The maximum absolute atomic E-state index is 10.3. The first-order chi connectivity index (χ1) is 15.3. The highest BCUT2D eigenvalue weighted by molar-refractivity contribution is 5.23. The lowest BCUT2D eigenvalue weighted by Gasteiger charge is -2.43. The lowest BCUT2D eigenvalue weighted by molar-refractivity contribution is -0.334. The first-order valence-electron chi connectivity index (χ1n) is 10.1. The molecule has 0 amide bonds. The van der Waals surface area contributed by atoms with Crippen LogP contribution >= 0.6 is 0 Å². The largest absolute Gasteiger partial charge is 0.394 e. The van der Waals surface area contributed by atoms with E-state index < -0.39 is 80.7 Å². The quantitative estimate of drug-likeness (QED) is 0.208. The number of rotatable bonds is 7. The van der Waals surface area contributed by atoms with Crippen LogP contribution in [0.4, 0.5) is 0 Å². The number of aliphatic hydroxyl groups is 7. The van der Waals surface area contributed by atoms with Crippen LogP contribution in [0.1, 0.15) is 11.7 Å². The summed E-state index contributed by atoms with van der Waals surface area (Å²) < 4.78 is 21.8. The minimum absolute atomic E-state index is 0.459. The number of ether oxygens (including phenoxy) is 4. The molecule has 7 N–H and O–H groups in total. The van der Waals surface area contributed by atoms with Crippen molar-refractivity contribution in [2.75, 3.05) is 13.2 Å². The minimum atomic E-state index is -1.66. The summed E-state index contributed by atoms with van der Waals surface area (Å²) in [5, 5.41) is 69.8. The zero-order valence-electron chi connectivity index (χ0n) is 17.0. The summed E-state index contributed by atoms with van der Waals surface area (Å²) in [4.78, 5) is 0. The molecule has 0 spiro atoms. The van der Waals surface area contributed by atoms with Crippen molar-refractivity contribution in [2.45, 2.75) is 67.5 Å². The van der Waals surface area contributed by atoms with Gasteiger partial charge in [0, 0.05) is 0 Å². The van der Waals surface area contributed by atoms with Crippen LogP contribution in [-0.2, 0) is 18.9 Å². The van der Waals surface area contributed by atoms with E-state index in [0.717, 1.165) is 0 Å². The van der Waals surface area contributed by atoms with E-state index in [-0.39, 0.29) is 0 Å². The summed E-state index contributed by atoms with van der Waals surface area (Å²) in [5.74, 6) is 2.42. The van der Waals surface area contributed by atoms with Gasteiger partial charge in [-0.05, 0) is 5.56 Å². The van der Waals surface area contributed by atoms with Gasteiger partial charge in [0.15, 0.2) is 12.6 Å².